The van der Waals surface area contributed by atoms with E-state index in [9.17, 15) is 0 Å². The Kier molecular flexibility index (Phi) is 6.51. The van der Waals surface area contributed by atoms with E-state index in [2.05, 4.69) is 45.3 Å². The molecular formula is C27H35N5. The number of nitrogens with one attached hydrogen (secondary N) is 1. The highest BCUT2D eigenvalue weighted by molar-refractivity contribution is 5.82. The Labute approximate surface area is 191 Å². The van der Waals surface area contributed by atoms with Gasteiger partial charge >= 0.3 is 0 Å². The van der Waals surface area contributed by atoms with Crippen LogP contribution >= 0.6 is 0 Å². The predicted molar refractivity (Wildman–Crippen MR) is 132 cm³/mol. The van der Waals surface area contributed by atoms with E-state index in [1.807, 2.05) is 24.8 Å². The van der Waals surface area contributed by atoms with Gasteiger partial charge in [0.1, 0.15) is 0 Å². The minimum atomic E-state index is 0.552. The van der Waals surface area contributed by atoms with Gasteiger partial charge in [-0.05, 0) is 93.0 Å². The lowest BCUT2D eigenvalue weighted by atomic mass is 9.82. The Morgan fingerprint density at radius 1 is 0.938 bits per heavy atom. The molecule has 1 saturated carbocycles. The maximum Gasteiger partial charge on any atom is 0.0920 e. The molecule has 0 radical (unpaired) electrons. The molecule has 0 amide bonds. The molecule has 168 valence electrons. The third kappa shape index (κ3) is 4.87. The average Bonchev–Trinajstić information content (AvgIpc) is 2.86. The second kappa shape index (κ2) is 9.85. The van der Waals surface area contributed by atoms with Crippen LogP contribution in [0.5, 0.6) is 0 Å². The number of nitrogens with zero attached hydrogens (tertiary/aromatic N) is 4. The lowest BCUT2D eigenvalue weighted by Crippen LogP contribution is -2.29. The van der Waals surface area contributed by atoms with Crippen LogP contribution in [0, 0.1) is 5.92 Å². The molecule has 2 aromatic heterocycles. The number of hydrogen-bond acceptors (Lipinski definition) is 5. The smallest absolute Gasteiger partial charge is 0.0920 e. The highest BCUT2D eigenvalue weighted by atomic mass is 15.1. The van der Waals surface area contributed by atoms with Crippen molar-refractivity contribution in [2.45, 2.75) is 70.8 Å². The van der Waals surface area contributed by atoms with E-state index >= 15 is 0 Å². The summed E-state index contributed by atoms with van der Waals surface area (Å²) in [6.07, 6.45) is 18.6. The summed E-state index contributed by atoms with van der Waals surface area (Å²) in [5.41, 5.74) is 7.33. The second-order valence-corrected chi connectivity index (χ2v) is 9.58. The Bertz CT molecular complexity index is 1040. The van der Waals surface area contributed by atoms with Gasteiger partial charge in [-0.1, -0.05) is 6.92 Å². The highest BCUT2D eigenvalue weighted by Gasteiger charge is 2.23. The van der Waals surface area contributed by atoms with E-state index in [-0.39, 0.29) is 0 Å². The number of aromatic nitrogens is 3. The van der Waals surface area contributed by atoms with E-state index in [1.54, 1.807) is 0 Å². The zero-order chi connectivity index (χ0) is 21.8. The van der Waals surface area contributed by atoms with Crippen LogP contribution in [0.15, 0.2) is 43.0 Å². The molecule has 2 aliphatic rings. The molecule has 32 heavy (non-hydrogen) atoms. The lowest BCUT2D eigenvalue weighted by molar-refractivity contribution is 0.337. The van der Waals surface area contributed by atoms with Gasteiger partial charge in [0.05, 0.1) is 16.7 Å². The molecule has 0 unspecified atom stereocenters. The first-order chi connectivity index (χ1) is 15.8. The SMILES string of the molecule is CCc1cncc(N[C@H]2CC[C@@H](Cc3cc(N4CCCCC4)cc4nccnc34)CC2)c1. The van der Waals surface area contributed by atoms with Crippen molar-refractivity contribution in [2.75, 3.05) is 23.3 Å². The van der Waals surface area contributed by atoms with Crippen molar-refractivity contribution in [1.29, 1.82) is 0 Å². The Balaban J connectivity index is 1.26. The quantitative estimate of drug-likeness (QED) is 0.537. The zero-order valence-electron chi connectivity index (χ0n) is 19.3. The molecule has 0 bridgehead atoms. The number of fused-ring (bicyclic) bond motifs is 1. The zero-order valence-corrected chi connectivity index (χ0v) is 19.3. The Hall–Kier alpha value is -2.69. The maximum absolute atomic E-state index is 4.72. The normalized spacial score (nSPS) is 21.6. The molecule has 1 N–H and O–H groups in total. The Morgan fingerprint density at radius 3 is 2.56 bits per heavy atom. The topological polar surface area (TPSA) is 53.9 Å². The molecule has 5 heteroatoms. The summed E-state index contributed by atoms with van der Waals surface area (Å²) >= 11 is 0. The van der Waals surface area contributed by atoms with Crippen molar-refractivity contribution in [1.82, 2.24) is 15.0 Å². The molecule has 5 nitrogen and oxygen atoms in total. The molecule has 5 rings (SSSR count). The van der Waals surface area contributed by atoms with Crippen molar-refractivity contribution in [3.63, 3.8) is 0 Å². The van der Waals surface area contributed by atoms with Crippen molar-refractivity contribution in [3.05, 3.63) is 54.1 Å². The summed E-state index contributed by atoms with van der Waals surface area (Å²) < 4.78 is 0. The summed E-state index contributed by atoms with van der Waals surface area (Å²) in [5.74, 6) is 0.718. The highest BCUT2D eigenvalue weighted by Crippen LogP contribution is 2.33. The predicted octanol–water partition coefficient (Wildman–Crippen LogP) is 5.79. The van der Waals surface area contributed by atoms with Crippen molar-refractivity contribution < 1.29 is 0 Å². The number of anilines is 2. The van der Waals surface area contributed by atoms with Crippen LogP contribution in [-0.4, -0.2) is 34.1 Å². The number of hydrogen-bond donors (Lipinski definition) is 1. The average molecular weight is 430 g/mol. The largest absolute Gasteiger partial charge is 0.381 e. The molecule has 1 aliphatic carbocycles. The standard InChI is InChI=1S/C27H35N5/c1-2-20-15-24(19-28-18-20)31-23-8-6-21(7-9-23)14-22-16-25(32-12-4-3-5-13-32)17-26-27(22)30-11-10-29-26/h10-11,15-19,21,23,31H,2-9,12-14H2,1H3/t21-,23+. The first-order valence-electron chi connectivity index (χ1n) is 12.5. The van der Waals surface area contributed by atoms with Crippen LogP contribution in [0.2, 0.25) is 0 Å². The molecule has 2 fully saturated rings. The molecule has 0 atom stereocenters. The fourth-order valence-corrected chi connectivity index (χ4v) is 5.44. The third-order valence-electron chi connectivity index (χ3n) is 7.29. The first-order valence-corrected chi connectivity index (χ1v) is 12.5. The van der Waals surface area contributed by atoms with Crippen LogP contribution in [-0.2, 0) is 12.8 Å². The van der Waals surface area contributed by atoms with Crippen LogP contribution in [0.25, 0.3) is 11.0 Å². The van der Waals surface area contributed by atoms with Gasteiger partial charge in [-0.15, -0.1) is 0 Å². The van der Waals surface area contributed by atoms with E-state index in [4.69, 9.17) is 4.98 Å². The van der Waals surface area contributed by atoms with E-state index < -0.39 is 0 Å². The fourth-order valence-electron chi connectivity index (χ4n) is 5.44. The summed E-state index contributed by atoms with van der Waals surface area (Å²) in [7, 11) is 0. The minimum Gasteiger partial charge on any atom is -0.381 e. The van der Waals surface area contributed by atoms with Crippen molar-refractivity contribution >= 4 is 22.4 Å². The number of rotatable bonds is 6. The van der Waals surface area contributed by atoms with Crippen LogP contribution in [0.4, 0.5) is 11.4 Å². The fraction of sp³-hybridized carbons (Fsp3) is 0.519. The first kappa shape index (κ1) is 21.2. The van der Waals surface area contributed by atoms with Gasteiger partial charge < -0.3 is 10.2 Å². The van der Waals surface area contributed by atoms with Crippen molar-refractivity contribution in [3.8, 4) is 0 Å². The summed E-state index contributed by atoms with van der Waals surface area (Å²) in [5, 5.41) is 3.73. The third-order valence-corrected chi connectivity index (χ3v) is 7.29. The van der Waals surface area contributed by atoms with Gasteiger partial charge in [0.2, 0.25) is 0 Å². The molecule has 3 heterocycles. The lowest BCUT2D eigenvalue weighted by Gasteiger charge is -2.31. The van der Waals surface area contributed by atoms with Gasteiger partial charge in [0.15, 0.2) is 0 Å². The minimum absolute atomic E-state index is 0.552. The maximum atomic E-state index is 4.72. The van der Waals surface area contributed by atoms with Gasteiger partial charge in [-0.2, -0.15) is 0 Å². The van der Waals surface area contributed by atoms with E-state index in [1.165, 1.54) is 67.4 Å². The van der Waals surface area contributed by atoms with Crippen LogP contribution in [0.1, 0.15) is 63.0 Å². The monoisotopic (exact) mass is 429 g/mol. The Morgan fingerprint density at radius 2 is 1.75 bits per heavy atom. The number of piperidine rings is 1. The van der Waals surface area contributed by atoms with Crippen LogP contribution in [0.3, 0.4) is 0 Å². The van der Waals surface area contributed by atoms with Gasteiger partial charge in [-0.3, -0.25) is 15.0 Å². The number of aryl methyl sites for hydroxylation is 1. The summed E-state index contributed by atoms with van der Waals surface area (Å²) in [4.78, 5) is 16.3. The number of benzene rings is 1. The van der Waals surface area contributed by atoms with E-state index in [0.29, 0.717) is 6.04 Å². The molecular weight excluding hydrogens is 394 g/mol. The molecule has 3 aromatic rings. The van der Waals surface area contributed by atoms with Gasteiger partial charge in [0, 0.05) is 49.6 Å². The molecule has 1 aliphatic heterocycles. The second-order valence-electron chi connectivity index (χ2n) is 9.58. The van der Waals surface area contributed by atoms with Gasteiger partial charge in [-0.25, -0.2) is 0 Å². The van der Waals surface area contributed by atoms with Gasteiger partial charge in [0.25, 0.3) is 0 Å². The van der Waals surface area contributed by atoms with Crippen LogP contribution < -0.4 is 10.2 Å². The summed E-state index contributed by atoms with van der Waals surface area (Å²) in [6, 6.07) is 7.46. The molecule has 1 aromatic carbocycles. The molecule has 0 spiro atoms. The number of pyridine rings is 1. The molecule has 1 saturated heterocycles. The van der Waals surface area contributed by atoms with E-state index in [0.717, 1.165) is 42.9 Å². The van der Waals surface area contributed by atoms with Crippen molar-refractivity contribution in [2.24, 2.45) is 5.92 Å². The summed E-state index contributed by atoms with van der Waals surface area (Å²) in [6.45, 7) is 4.51.